The zero-order valence-corrected chi connectivity index (χ0v) is 10.2. The van der Waals surface area contributed by atoms with Crippen molar-refractivity contribution in [2.45, 2.75) is 19.4 Å². The highest BCUT2D eigenvalue weighted by atomic mass is 32.2. The predicted molar refractivity (Wildman–Crippen MR) is 62.2 cm³/mol. The van der Waals surface area contributed by atoms with Crippen LogP contribution in [0.4, 0.5) is 4.39 Å². The Labute approximate surface area is 100.0 Å². The standard InChI is InChI=1S/C10H15FN2O3S/c1-2-9(7-13-17(12,14)15)16-10-5-3-4-8(11)6-10/h3-6,9,13H,2,7H2,1H3,(H2,12,14,15). The minimum absolute atomic E-state index is 0.0475. The number of benzene rings is 1. The van der Waals surface area contributed by atoms with Gasteiger partial charge in [-0.3, -0.25) is 0 Å². The van der Waals surface area contributed by atoms with Crippen LogP contribution in [-0.2, 0) is 10.2 Å². The van der Waals surface area contributed by atoms with E-state index in [2.05, 4.69) is 4.72 Å². The lowest BCUT2D eigenvalue weighted by Crippen LogP contribution is -2.38. The van der Waals surface area contributed by atoms with E-state index in [1.54, 1.807) is 6.07 Å². The fourth-order valence-electron chi connectivity index (χ4n) is 1.21. The number of hydrogen-bond donors (Lipinski definition) is 2. The van der Waals surface area contributed by atoms with Gasteiger partial charge in [-0.1, -0.05) is 13.0 Å². The molecule has 0 aliphatic heterocycles. The van der Waals surface area contributed by atoms with Crippen molar-refractivity contribution in [2.24, 2.45) is 5.14 Å². The SMILES string of the molecule is CCC(CNS(N)(=O)=O)Oc1cccc(F)c1. The van der Waals surface area contributed by atoms with Crippen LogP contribution in [0.5, 0.6) is 5.75 Å². The number of nitrogens with one attached hydrogen (secondary N) is 1. The molecule has 0 saturated carbocycles. The van der Waals surface area contributed by atoms with Crippen LogP contribution in [0, 0.1) is 5.82 Å². The Bertz CT molecular complexity index is 464. The first-order chi connectivity index (χ1) is 7.90. The van der Waals surface area contributed by atoms with Crippen LogP contribution >= 0.6 is 0 Å². The van der Waals surface area contributed by atoms with Crippen molar-refractivity contribution >= 4 is 10.2 Å². The molecule has 0 heterocycles. The molecule has 1 atom stereocenters. The van der Waals surface area contributed by atoms with Gasteiger partial charge >= 0.3 is 0 Å². The summed E-state index contributed by atoms with van der Waals surface area (Å²) in [4.78, 5) is 0. The number of halogens is 1. The largest absolute Gasteiger partial charge is 0.489 e. The van der Waals surface area contributed by atoms with Gasteiger partial charge in [-0.15, -0.1) is 0 Å². The third-order valence-electron chi connectivity index (χ3n) is 2.07. The topological polar surface area (TPSA) is 81.4 Å². The minimum atomic E-state index is -3.73. The van der Waals surface area contributed by atoms with Gasteiger partial charge in [-0.2, -0.15) is 13.1 Å². The second kappa shape index (κ2) is 5.95. The van der Waals surface area contributed by atoms with Crippen LogP contribution in [0.25, 0.3) is 0 Å². The van der Waals surface area contributed by atoms with Gasteiger partial charge in [0, 0.05) is 12.6 Å². The summed E-state index contributed by atoms with van der Waals surface area (Å²) in [5, 5.41) is 4.80. The van der Waals surface area contributed by atoms with Crippen LogP contribution in [0.15, 0.2) is 24.3 Å². The van der Waals surface area contributed by atoms with Crippen molar-refractivity contribution in [1.29, 1.82) is 0 Å². The maximum Gasteiger partial charge on any atom is 0.274 e. The number of nitrogens with two attached hydrogens (primary N) is 1. The molecule has 3 N–H and O–H groups in total. The Morgan fingerprint density at radius 1 is 1.53 bits per heavy atom. The van der Waals surface area contributed by atoms with Crippen LogP contribution < -0.4 is 14.6 Å². The van der Waals surface area contributed by atoms with Crippen LogP contribution in [0.3, 0.4) is 0 Å². The second-order valence-electron chi connectivity index (χ2n) is 3.50. The summed E-state index contributed by atoms with van der Waals surface area (Å²) >= 11 is 0. The van der Waals surface area contributed by atoms with Gasteiger partial charge < -0.3 is 4.74 Å². The van der Waals surface area contributed by atoms with E-state index in [-0.39, 0.29) is 6.54 Å². The molecule has 0 aliphatic rings. The number of ether oxygens (including phenoxy) is 1. The highest BCUT2D eigenvalue weighted by Gasteiger charge is 2.11. The van der Waals surface area contributed by atoms with Gasteiger partial charge in [0.25, 0.3) is 10.2 Å². The fraction of sp³-hybridized carbons (Fsp3) is 0.400. The van der Waals surface area contributed by atoms with Crippen molar-refractivity contribution in [2.75, 3.05) is 6.54 Å². The highest BCUT2D eigenvalue weighted by molar-refractivity contribution is 7.87. The molecule has 0 radical (unpaired) electrons. The first kappa shape index (κ1) is 13.9. The molecular formula is C10H15FN2O3S. The van der Waals surface area contributed by atoms with E-state index < -0.39 is 22.1 Å². The molecule has 1 rings (SSSR count). The molecule has 7 heteroatoms. The Morgan fingerprint density at radius 2 is 2.24 bits per heavy atom. The molecular weight excluding hydrogens is 247 g/mol. The predicted octanol–water partition coefficient (Wildman–Crippen LogP) is 0.776. The molecule has 1 aromatic carbocycles. The highest BCUT2D eigenvalue weighted by Crippen LogP contribution is 2.14. The maximum atomic E-state index is 12.9. The molecule has 1 aromatic rings. The van der Waals surface area contributed by atoms with Gasteiger partial charge in [-0.05, 0) is 18.6 Å². The molecule has 0 saturated heterocycles. The van der Waals surface area contributed by atoms with Crippen LogP contribution in [-0.4, -0.2) is 21.1 Å². The number of rotatable bonds is 6. The summed E-state index contributed by atoms with van der Waals surface area (Å²) in [7, 11) is -3.73. The Hall–Kier alpha value is -1.18. The molecule has 17 heavy (non-hydrogen) atoms. The molecule has 0 aromatic heterocycles. The van der Waals surface area contributed by atoms with E-state index in [9.17, 15) is 12.8 Å². The summed E-state index contributed by atoms with van der Waals surface area (Å²) < 4.78 is 41.9. The lowest BCUT2D eigenvalue weighted by Gasteiger charge is -2.17. The van der Waals surface area contributed by atoms with Crippen molar-refractivity contribution < 1.29 is 17.5 Å². The molecule has 0 spiro atoms. The van der Waals surface area contributed by atoms with Gasteiger partial charge in [0.05, 0.1) is 0 Å². The third-order valence-corrected chi connectivity index (χ3v) is 2.64. The first-order valence-electron chi connectivity index (χ1n) is 5.10. The zero-order valence-electron chi connectivity index (χ0n) is 9.39. The van der Waals surface area contributed by atoms with Crippen molar-refractivity contribution in [1.82, 2.24) is 4.72 Å². The molecule has 0 aliphatic carbocycles. The van der Waals surface area contributed by atoms with E-state index >= 15 is 0 Å². The molecule has 0 bridgehead atoms. The molecule has 96 valence electrons. The minimum Gasteiger partial charge on any atom is -0.489 e. The quantitative estimate of drug-likeness (QED) is 0.794. The molecule has 0 amide bonds. The van der Waals surface area contributed by atoms with E-state index in [0.29, 0.717) is 12.2 Å². The van der Waals surface area contributed by atoms with Gasteiger partial charge in [0.15, 0.2) is 0 Å². The van der Waals surface area contributed by atoms with Crippen LogP contribution in [0.2, 0.25) is 0 Å². The lowest BCUT2D eigenvalue weighted by atomic mass is 10.2. The first-order valence-corrected chi connectivity index (χ1v) is 6.65. The second-order valence-corrected chi connectivity index (χ2v) is 4.88. The number of hydrogen-bond acceptors (Lipinski definition) is 3. The third kappa shape index (κ3) is 5.62. The van der Waals surface area contributed by atoms with E-state index in [0.717, 1.165) is 0 Å². The summed E-state index contributed by atoms with van der Waals surface area (Å²) in [6.07, 6.45) is 0.175. The van der Waals surface area contributed by atoms with E-state index in [1.807, 2.05) is 6.92 Å². The Balaban J connectivity index is 2.58. The van der Waals surface area contributed by atoms with Crippen molar-refractivity contribution in [3.63, 3.8) is 0 Å². The van der Waals surface area contributed by atoms with Gasteiger partial charge in [0.2, 0.25) is 0 Å². The average molecular weight is 262 g/mol. The summed E-state index contributed by atoms with van der Waals surface area (Å²) in [6.45, 7) is 1.88. The summed E-state index contributed by atoms with van der Waals surface area (Å²) in [5.74, 6) is -0.0511. The molecule has 0 fully saturated rings. The Kier molecular flexibility index (Phi) is 4.86. The molecule has 1 unspecified atom stereocenters. The Morgan fingerprint density at radius 3 is 2.76 bits per heavy atom. The van der Waals surface area contributed by atoms with Crippen molar-refractivity contribution in [3.8, 4) is 5.75 Å². The summed E-state index contributed by atoms with van der Waals surface area (Å²) in [6, 6.07) is 5.66. The fourth-order valence-corrected chi connectivity index (χ4v) is 1.63. The van der Waals surface area contributed by atoms with Crippen LogP contribution in [0.1, 0.15) is 13.3 Å². The van der Waals surface area contributed by atoms with Gasteiger partial charge in [-0.25, -0.2) is 9.53 Å². The van der Waals surface area contributed by atoms with E-state index in [4.69, 9.17) is 9.88 Å². The van der Waals surface area contributed by atoms with E-state index in [1.165, 1.54) is 18.2 Å². The normalized spacial score (nSPS) is 13.4. The lowest BCUT2D eigenvalue weighted by molar-refractivity contribution is 0.200. The molecule has 5 nitrogen and oxygen atoms in total. The van der Waals surface area contributed by atoms with Gasteiger partial charge in [0.1, 0.15) is 17.7 Å². The average Bonchev–Trinajstić information content (AvgIpc) is 2.23. The van der Waals surface area contributed by atoms with Crippen molar-refractivity contribution in [3.05, 3.63) is 30.1 Å². The zero-order chi connectivity index (χ0) is 12.9. The summed E-state index contributed by atoms with van der Waals surface area (Å²) in [5.41, 5.74) is 0. The monoisotopic (exact) mass is 262 g/mol. The smallest absolute Gasteiger partial charge is 0.274 e. The maximum absolute atomic E-state index is 12.9.